The van der Waals surface area contributed by atoms with E-state index < -0.39 is 48.6 Å². The van der Waals surface area contributed by atoms with Crippen molar-refractivity contribution in [1.29, 1.82) is 0 Å². The van der Waals surface area contributed by atoms with Crippen LogP contribution in [0.25, 0.3) is 0 Å². The van der Waals surface area contributed by atoms with E-state index in [1.807, 2.05) is 0 Å². The van der Waals surface area contributed by atoms with Crippen molar-refractivity contribution in [3.8, 4) is 0 Å². The van der Waals surface area contributed by atoms with E-state index in [1.165, 1.54) is 0 Å². The molecule has 0 bridgehead atoms. The molecule has 0 aliphatic heterocycles. The van der Waals surface area contributed by atoms with Gasteiger partial charge < -0.3 is 39.6 Å². The van der Waals surface area contributed by atoms with Crippen LogP contribution in [0, 0.1) is 0 Å². The number of carboxylic acids is 4. The minimum atomic E-state index is -5.19. The molecule has 30 heavy (non-hydrogen) atoms. The molecular formula is C8F12O8Pd2. The average molecular weight is 665 g/mol. The summed E-state index contributed by atoms with van der Waals surface area (Å²) in [6.07, 6.45) is -20.8. The summed E-state index contributed by atoms with van der Waals surface area (Å²) in [7, 11) is 0. The summed E-state index contributed by atoms with van der Waals surface area (Å²) in [6.45, 7) is 0. The van der Waals surface area contributed by atoms with Crippen molar-refractivity contribution in [2.45, 2.75) is 24.7 Å². The summed E-state index contributed by atoms with van der Waals surface area (Å²) >= 11 is 0. The fourth-order valence-corrected chi connectivity index (χ4v) is 0. The molecule has 184 valence electrons. The summed E-state index contributed by atoms with van der Waals surface area (Å²) in [4.78, 5) is 35.1. The van der Waals surface area contributed by atoms with E-state index in [4.69, 9.17) is 39.6 Å². The monoisotopic (exact) mass is 664 g/mol. The van der Waals surface area contributed by atoms with Gasteiger partial charge in [-0.15, -0.1) is 0 Å². The maximum absolute atomic E-state index is 10.5. The van der Waals surface area contributed by atoms with Gasteiger partial charge in [-0.1, -0.05) is 0 Å². The van der Waals surface area contributed by atoms with E-state index in [-0.39, 0.29) is 40.8 Å². The van der Waals surface area contributed by atoms with Crippen molar-refractivity contribution >= 4 is 23.9 Å². The Morgan fingerprint density at radius 3 is 0.400 bits per heavy atom. The quantitative estimate of drug-likeness (QED) is 0.198. The number of carboxylic acid groups (broad SMARTS) is 4. The summed E-state index contributed by atoms with van der Waals surface area (Å²) in [5.41, 5.74) is 0. The third-order valence-corrected chi connectivity index (χ3v) is 0.926. The van der Waals surface area contributed by atoms with Crippen molar-refractivity contribution in [3.05, 3.63) is 0 Å². The van der Waals surface area contributed by atoms with E-state index in [1.54, 1.807) is 0 Å². The molecule has 0 heterocycles. The topological polar surface area (TPSA) is 161 Å². The zero-order valence-electron chi connectivity index (χ0n) is 12.4. The standard InChI is InChI=1S/4C2HF3O2.2Pd/c4*3-2(4,5)1(6)7;;/h4*(H,6,7);;/q;;;;2*+2/p-4. The Morgan fingerprint density at radius 1 is 0.367 bits per heavy atom. The SMILES string of the molecule is O=C([O-])C(F)(F)F.O=C([O-])C(F)(F)F.O=C([O-])C(F)(F)F.O=C([O-])C(F)(F)F.[Pd+2].[Pd+2]. The summed E-state index contributed by atoms with van der Waals surface area (Å²) < 4.78 is 126. The molecule has 0 radical (unpaired) electrons. The molecule has 0 unspecified atom stereocenters. The number of aliphatic carboxylic acids is 4. The molecular weight excluding hydrogens is 665 g/mol. The molecule has 8 nitrogen and oxygen atoms in total. The van der Waals surface area contributed by atoms with Crippen LogP contribution in [-0.4, -0.2) is 48.6 Å². The molecule has 0 fully saturated rings. The smallest absolute Gasteiger partial charge is 0.542 e. The molecule has 0 rings (SSSR count). The molecule has 0 N–H and O–H groups in total. The predicted octanol–water partition coefficient (Wildman–Crippen LogP) is -2.81. The Labute approximate surface area is 182 Å². The van der Waals surface area contributed by atoms with Crippen molar-refractivity contribution in [2.75, 3.05) is 0 Å². The molecule has 0 aromatic rings. The molecule has 22 heteroatoms. The molecule has 0 spiro atoms. The Hall–Kier alpha value is -1.64. The first kappa shape index (κ1) is 42.5. The number of alkyl halides is 12. The maximum Gasteiger partial charge on any atom is 2.00 e. The van der Waals surface area contributed by atoms with E-state index in [2.05, 4.69) is 0 Å². The van der Waals surface area contributed by atoms with E-state index in [0.29, 0.717) is 0 Å². The fourth-order valence-electron chi connectivity index (χ4n) is 0. The van der Waals surface area contributed by atoms with Crippen LogP contribution < -0.4 is 20.4 Å². The van der Waals surface area contributed by atoms with Gasteiger partial charge in [0.15, 0.2) is 0 Å². The van der Waals surface area contributed by atoms with E-state index in [0.717, 1.165) is 0 Å². The number of carbonyl (C=O) groups is 4. The van der Waals surface area contributed by atoms with Crippen molar-refractivity contribution in [2.24, 2.45) is 0 Å². The summed E-state index contributed by atoms with van der Waals surface area (Å²) in [5, 5.41) is 35.1. The number of rotatable bonds is 0. The van der Waals surface area contributed by atoms with Gasteiger partial charge in [-0.3, -0.25) is 0 Å². The molecule has 0 saturated carbocycles. The van der Waals surface area contributed by atoms with Gasteiger partial charge in [-0.05, 0) is 0 Å². The van der Waals surface area contributed by atoms with Crippen LogP contribution in [0.5, 0.6) is 0 Å². The second-order valence-corrected chi connectivity index (χ2v) is 3.14. The molecule has 0 amide bonds. The predicted molar refractivity (Wildman–Crippen MR) is 44.2 cm³/mol. The Kier molecular flexibility index (Phi) is 22.8. The minimum absolute atomic E-state index is 0. The van der Waals surface area contributed by atoms with Gasteiger partial charge in [0.25, 0.3) is 0 Å². The van der Waals surface area contributed by atoms with Crippen LogP contribution in [0.1, 0.15) is 0 Å². The minimum Gasteiger partial charge on any atom is -0.542 e. The van der Waals surface area contributed by atoms with Gasteiger partial charge in [0.05, 0.1) is 0 Å². The third-order valence-electron chi connectivity index (χ3n) is 0.926. The van der Waals surface area contributed by atoms with Gasteiger partial charge in [0, 0.05) is 0 Å². The van der Waals surface area contributed by atoms with Crippen LogP contribution in [0.15, 0.2) is 0 Å². The molecule has 0 saturated heterocycles. The maximum atomic E-state index is 10.5. The molecule has 0 atom stereocenters. The molecule has 0 aromatic heterocycles. The van der Waals surface area contributed by atoms with Crippen LogP contribution >= 0.6 is 0 Å². The summed E-state index contributed by atoms with van der Waals surface area (Å²) in [5.74, 6) is -12.0. The van der Waals surface area contributed by atoms with Crippen molar-refractivity contribution < 1.29 is 133 Å². The number of carbonyl (C=O) groups excluding carboxylic acids is 4. The first-order valence-corrected chi connectivity index (χ1v) is 4.90. The second-order valence-electron chi connectivity index (χ2n) is 3.14. The third kappa shape index (κ3) is 33.9. The molecule has 0 aliphatic carbocycles. The van der Waals surface area contributed by atoms with Crippen LogP contribution in [0.2, 0.25) is 0 Å². The van der Waals surface area contributed by atoms with Crippen molar-refractivity contribution in [1.82, 2.24) is 0 Å². The van der Waals surface area contributed by atoms with Crippen LogP contribution in [-0.2, 0) is 60.0 Å². The Bertz CT molecular complexity index is 440. The number of hydrogen-bond acceptors (Lipinski definition) is 8. The van der Waals surface area contributed by atoms with Gasteiger partial charge in [-0.25, -0.2) is 0 Å². The zero-order valence-corrected chi connectivity index (χ0v) is 15.5. The second kappa shape index (κ2) is 16.1. The van der Waals surface area contributed by atoms with E-state index in [9.17, 15) is 52.7 Å². The van der Waals surface area contributed by atoms with Gasteiger partial charge in [0.1, 0.15) is 23.9 Å². The first-order valence-electron chi connectivity index (χ1n) is 4.90. The fraction of sp³-hybridized carbons (Fsp3) is 0.500. The van der Waals surface area contributed by atoms with Crippen molar-refractivity contribution in [3.63, 3.8) is 0 Å². The zero-order chi connectivity index (χ0) is 24.3. The Balaban J connectivity index is -0.0000000626. The molecule has 0 aliphatic rings. The normalized spacial score (nSPS) is 10.5. The largest absolute Gasteiger partial charge is 2.00 e. The Morgan fingerprint density at radius 2 is 0.400 bits per heavy atom. The van der Waals surface area contributed by atoms with Gasteiger partial charge in [0.2, 0.25) is 0 Å². The van der Waals surface area contributed by atoms with E-state index >= 15 is 0 Å². The number of hydrogen-bond donors (Lipinski definition) is 0. The molecule has 0 aromatic carbocycles. The van der Waals surface area contributed by atoms with Crippen LogP contribution in [0.4, 0.5) is 52.7 Å². The average Bonchev–Trinajstić information content (AvgIpc) is 2.35. The number of halogens is 12. The van der Waals surface area contributed by atoms with Gasteiger partial charge in [-0.2, -0.15) is 52.7 Å². The first-order chi connectivity index (χ1) is 11.8. The van der Waals surface area contributed by atoms with Gasteiger partial charge >= 0.3 is 65.6 Å². The summed E-state index contributed by atoms with van der Waals surface area (Å²) in [6, 6.07) is 0. The van der Waals surface area contributed by atoms with Crippen LogP contribution in [0.3, 0.4) is 0 Å².